The first-order valence-corrected chi connectivity index (χ1v) is 14.1. The number of morpholine rings is 1. The number of hydrogen-bond donors (Lipinski definition) is 4. The third-order valence-corrected chi connectivity index (χ3v) is 7.39. The highest BCUT2D eigenvalue weighted by Crippen LogP contribution is 2.33. The standard InChI is InChI=1S/C25H30N2O6S.C4H4O4/c1-31-22-15-18(14-19(25(22)30)16-26-8-11-32-12-9-26)6-7-23(29)27-10-13-34-24(27)17-33-21-5-3-2-4-20(21)28;5-3(6)1-2-4(7)8/h2-7,14-15,24,28,30H,8-13,16-17H2,1H3;1-2H,(H,5,6)(H,7,8)/b;2-1-. The molecule has 1 amide bonds. The van der Waals surface area contributed by atoms with E-state index in [4.69, 9.17) is 24.4 Å². The SMILES string of the molecule is COc1cc(C=CC(=O)N2CCSC2COc2ccccc2O)cc(CN2CCOCC2)c1O.O=C(O)/C=C\C(=O)O. The molecule has 42 heavy (non-hydrogen) atoms. The lowest BCUT2D eigenvalue weighted by molar-refractivity contribution is -0.134. The van der Waals surface area contributed by atoms with Gasteiger partial charge in [-0.3, -0.25) is 9.69 Å². The van der Waals surface area contributed by atoms with E-state index in [0.29, 0.717) is 56.6 Å². The highest BCUT2D eigenvalue weighted by atomic mass is 32.2. The van der Waals surface area contributed by atoms with Gasteiger partial charge in [0.1, 0.15) is 12.0 Å². The first-order valence-electron chi connectivity index (χ1n) is 13.0. The number of amides is 1. The molecule has 2 aliphatic heterocycles. The molecule has 226 valence electrons. The molecule has 1 unspecified atom stereocenters. The van der Waals surface area contributed by atoms with Gasteiger partial charge in [0, 0.05) is 55.7 Å². The molecule has 13 heteroatoms. The van der Waals surface area contributed by atoms with Gasteiger partial charge >= 0.3 is 11.9 Å². The van der Waals surface area contributed by atoms with Crippen LogP contribution in [0.2, 0.25) is 0 Å². The molecule has 0 aliphatic carbocycles. The van der Waals surface area contributed by atoms with Crippen LogP contribution in [0.3, 0.4) is 0 Å². The Morgan fingerprint density at radius 2 is 1.69 bits per heavy atom. The van der Waals surface area contributed by atoms with Crippen LogP contribution in [0, 0.1) is 0 Å². The number of methoxy groups -OCH3 is 1. The zero-order chi connectivity index (χ0) is 30.5. The number of carboxylic acids is 2. The van der Waals surface area contributed by atoms with E-state index in [0.717, 1.165) is 30.0 Å². The molecular weight excluding hydrogens is 568 g/mol. The summed E-state index contributed by atoms with van der Waals surface area (Å²) < 4.78 is 16.5. The Morgan fingerprint density at radius 3 is 2.33 bits per heavy atom. The summed E-state index contributed by atoms with van der Waals surface area (Å²) in [4.78, 5) is 36.0. The molecule has 2 aromatic rings. The minimum atomic E-state index is -1.26. The normalized spacial score (nSPS) is 17.2. The van der Waals surface area contributed by atoms with Gasteiger partial charge in [0.2, 0.25) is 5.91 Å². The van der Waals surface area contributed by atoms with E-state index in [1.54, 1.807) is 59.1 Å². The van der Waals surface area contributed by atoms with Crippen molar-refractivity contribution in [2.75, 3.05) is 52.3 Å². The number of aliphatic carboxylic acids is 2. The molecule has 0 aromatic heterocycles. The predicted octanol–water partition coefficient (Wildman–Crippen LogP) is 2.64. The number of nitrogens with zero attached hydrogens (tertiary/aromatic N) is 2. The number of phenols is 2. The van der Waals surface area contributed by atoms with Crippen molar-refractivity contribution in [3.05, 3.63) is 65.8 Å². The van der Waals surface area contributed by atoms with Gasteiger partial charge in [0.15, 0.2) is 23.0 Å². The Hall–Kier alpha value is -4.20. The summed E-state index contributed by atoms with van der Waals surface area (Å²) >= 11 is 1.65. The summed E-state index contributed by atoms with van der Waals surface area (Å²) in [6.45, 7) is 4.45. The van der Waals surface area contributed by atoms with Crippen LogP contribution in [0.15, 0.2) is 54.6 Å². The number of carboxylic acid groups (broad SMARTS) is 2. The summed E-state index contributed by atoms with van der Waals surface area (Å²) in [5, 5.41) is 36.0. The Kier molecular flexibility index (Phi) is 12.5. The fraction of sp³-hybridized carbons (Fsp3) is 0.345. The topological polar surface area (TPSA) is 166 Å². The number of rotatable bonds is 10. The minimum absolute atomic E-state index is 0.0810. The van der Waals surface area contributed by atoms with Gasteiger partial charge in [0.05, 0.1) is 20.3 Å². The van der Waals surface area contributed by atoms with Crippen molar-refractivity contribution in [3.8, 4) is 23.0 Å². The zero-order valence-electron chi connectivity index (χ0n) is 23.0. The predicted molar refractivity (Wildman–Crippen MR) is 156 cm³/mol. The Morgan fingerprint density at radius 1 is 1.00 bits per heavy atom. The fourth-order valence-corrected chi connectivity index (χ4v) is 5.25. The molecule has 4 rings (SSSR count). The van der Waals surface area contributed by atoms with Crippen LogP contribution < -0.4 is 9.47 Å². The number of ether oxygens (including phenoxy) is 3. The molecule has 0 radical (unpaired) electrons. The third kappa shape index (κ3) is 10.0. The lowest BCUT2D eigenvalue weighted by Gasteiger charge is -2.27. The van der Waals surface area contributed by atoms with Crippen LogP contribution in [0.1, 0.15) is 11.1 Å². The molecule has 2 saturated heterocycles. The summed E-state index contributed by atoms with van der Waals surface area (Å²) in [6, 6.07) is 10.4. The van der Waals surface area contributed by atoms with E-state index in [2.05, 4.69) is 4.90 Å². The van der Waals surface area contributed by atoms with E-state index in [-0.39, 0.29) is 22.8 Å². The van der Waals surface area contributed by atoms with E-state index in [1.807, 2.05) is 6.07 Å². The molecule has 0 saturated carbocycles. The average molecular weight is 603 g/mol. The smallest absolute Gasteiger partial charge is 0.328 e. The van der Waals surface area contributed by atoms with Gasteiger partial charge in [-0.15, -0.1) is 11.8 Å². The van der Waals surface area contributed by atoms with Gasteiger partial charge in [-0.05, 0) is 35.9 Å². The van der Waals surface area contributed by atoms with Crippen molar-refractivity contribution in [1.29, 1.82) is 0 Å². The van der Waals surface area contributed by atoms with Crippen LogP contribution >= 0.6 is 11.8 Å². The molecule has 2 aliphatic rings. The molecular formula is C29H34N2O10S. The number of phenolic OH excluding ortho intramolecular Hbond substituents is 2. The highest BCUT2D eigenvalue weighted by Gasteiger charge is 2.29. The lowest BCUT2D eigenvalue weighted by Crippen LogP contribution is -2.37. The van der Waals surface area contributed by atoms with Crippen LogP contribution in [0.25, 0.3) is 6.08 Å². The van der Waals surface area contributed by atoms with Gasteiger partial charge in [-0.1, -0.05) is 12.1 Å². The second kappa shape index (κ2) is 16.3. The maximum absolute atomic E-state index is 12.9. The number of para-hydroxylation sites is 2. The number of thioether (sulfide) groups is 1. The molecule has 0 bridgehead atoms. The molecule has 1 atom stereocenters. The van der Waals surface area contributed by atoms with Crippen LogP contribution in [-0.2, 0) is 25.7 Å². The number of aromatic hydroxyl groups is 2. The Bertz CT molecular complexity index is 1280. The summed E-state index contributed by atoms with van der Waals surface area (Å²) in [5.41, 5.74) is 1.53. The largest absolute Gasteiger partial charge is 0.504 e. The second-order valence-corrected chi connectivity index (χ2v) is 10.4. The number of carbonyl (C=O) groups is 3. The molecule has 4 N–H and O–H groups in total. The van der Waals surface area contributed by atoms with E-state index in [9.17, 15) is 24.6 Å². The molecule has 2 heterocycles. The highest BCUT2D eigenvalue weighted by molar-refractivity contribution is 8.00. The van der Waals surface area contributed by atoms with Crippen molar-refractivity contribution in [3.63, 3.8) is 0 Å². The number of benzene rings is 2. The molecule has 2 fully saturated rings. The monoisotopic (exact) mass is 602 g/mol. The Balaban J connectivity index is 0.000000531. The van der Waals surface area contributed by atoms with E-state index < -0.39 is 11.9 Å². The van der Waals surface area contributed by atoms with E-state index in [1.165, 1.54) is 7.11 Å². The van der Waals surface area contributed by atoms with Gasteiger partial charge in [0.25, 0.3) is 0 Å². The van der Waals surface area contributed by atoms with Gasteiger partial charge in [-0.25, -0.2) is 9.59 Å². The number of carbonyl (C=O) groups excluding carboxylic acids is 1. The second-order valence-electron chi connectivity index (χ2n) is 9.10. The zero-order valence-corrected chi connectivity index (χ0v) is 23.9. The summed E-state index contributed by atoms with van der Waals surface area (Å²) in [6.07, 6.45) is 4.41. The average Bonchev–Trinajstić information content (AvgIpc) is 3.45. The molecule has 0 spiro atoms. The van der Waals surface area contributed by atoms with Crippen molar-refractivity contribution < 1.29 is 49.0 Å². The van der Waals surface area contributed by atoms with Crippen molar-refractivity contribution in [2.45, 2.75) is 11.9 Å². The summed E-state index contributed by atoms with van der Waals surface area (Å²) in [7, 11) is 1.52. The van der Waals surface area contributed by atoms with Crippen molar-refractivity contribution >= 4 is 35.7 Å². The van der Waals surface area contributed by atoms with Gasteiger partial charge in [-0.2, -0.15) is 0 Å². The molecule has 12 nitrogen and oxygen atoms in total. The first kappa shape index (κ1) is 32.3. The minimum Gasteiger partial charge on any atom is -0.504 e. The van der Waals surface area contributed by atoms with Crippen molar-refractivity contribution in [2.24, 2.45) is 0 Å². The van der Waals surface area contributed by atoms with Crippen molar-refractivity contribution in [1.82, 2.24) is 9.80 Å². The molecule has 2 aromatic carbocycles. The van der Waals surface area contributed by atoms with Crippen LogP contribution in [0.4, 0.5) is 0 Å². The quantitative estimate of drug-likeness (QED) is 0.294. The Labute approximate surface area is 247 Å². The lowest BCUT2D eigenvalue weighted by atomic mass is 10.1. The summed E-state index contributed by atoms with van der Waals surface area (Å²) in [5.74, 6) is -0.819. The van der Waals surface area contributed by atoms with E-state index >= 15 is 0 Å². The maximum atomic E-state index is 12.9. The fourth-order valence-electron chi connectivity index (χ4n) is 4.12. The maximum Gasteiger partial charge on any atom is 0.328 e. The van der Waals surface area contributed by atoms with Crippen LogP contribution in [-0.4, -0.2) is 106 Å². The number of hydrogen-bond acceptors (Lipinski definition) is 10. The van der Waals surface area contributed by atoms with Gasteiger partial charge < -0.3 is 39.5 Å². The van der Waals surface area contributed by atoms with Crippen LogP contribution in [0.5, 0.6) is 23.0 Å². The first-order chi connectivity index (χ1) is 20.2. The third-order valence-electron chi connectivity index (χ3n) is 6.20.